The summed E-state index contributed by atoms with van der Waals surface area (Å²) in [5, 5.41) is 2.48. The van der Waals surface area contributed by atoms with Gasteiger partial charge in [0.25, 0.3) is 0 Å². The van der Waals surface area contributed by atoms with Crippen LogP contribution in [0.3, 0.4) is 0 Å². The zero-order valence-electron chi connectivity index (χ0n) is 18.6. The van der Waals surface area contributed by atoms with Crippen LogP contribution in [0.4, 0.5) is 0 Å². The fraction of sp³-hybridized carbons (Fsp3) is 0.227. The van der Waals surface area contributed by atoms with Crippen LogP contribution in [0.2, 0.25) is 30.1 Å². The van der Waals surface area contributed by atoms with Crippen molar-refractivity contribution in [2.75, 3.05) is 18.8 Å². The second-order valence-corrected chi connectivity index (χ2v) is 11.8. The highest BCUT2D eigenvalue weighted by molar-refractivity contribution is 8.08. The molecule has 0 radical (unpaired) electrons. The molecule has 0 aliphatic carbocycles. The van der Waals surface area contributed by atoms with Gasteiger partial charge in [0.15, 0.2) is 0 Å². The largest absolute Gasteiger partial charge is 0.360 e. The van der Waals surface area contributed by atoms with Gasteiger partial charge in [-0.05, 0) is 30.7 Å². The van der Waals surface area contributed by atoms with Crippen molar-refractivity contribution < 1.29 is 3.63 Å². The molecule has 0 spiro atoms. The van der Waals surface area contributed by atoms with E-state index in [1.807, 2.05) is 0 Å². The van der Waals surface area contributed by atoms with Crippen LogP contribution in [0.25, 0.3) is 0 Å². The first-order chi connectivity index (χ1) is 17.2. The molecular weight excluding hydrogens is 663 g/mol. The summed E-state index contributed by atoms with van der Waals surface area (Å²) in [6.07, 6.45) is 6.07. The summed E-state index contributed by atoms with van der Waals surface area (Å²) in [6, 6.07) is 6.31. The molecule has 0 saturated heterocycles. The van der Waals surface area contributed by atoms with Crippen molar-refractivity contribution >= 4 is 124 Å². The second-order valence-electron chi connectivity index (χ2n) is 6.74. The molecule has 2 aromatic carbocycles. The number of benzene rings is 2. The number of aromatic nitrogens is 2. The molecule has 1 aromatic heterocycles. The molecule has 0 atom stereocenters. The van der Waals surface area contributed by atoms with Crippen LogP contribution in [0, 0.1) is 0 Å². The number of nitrogens with zero attached hydrogens (tertiary/aromatic N) is 3. The lowest BCUT2D eigenvalue weighted by molar-refractivity contribution is 0.450. The van der Waals surface area contributed by atoms with Crippen LogP contribution >= 0.6 is 119 Å². The number of thiol groups is 1. The number of hydrogen-bond donors (Lipinski definition) is 1. The van der Waals surface area contributed by atoms with Crippen LogP contribution < -0.4 is 0 Å². The van der Waals surface area contributed by atoms with E-state index in [1.165, 1.54) is 0 Å². The van der Waals surface area contributed by atoms with E-state index in [4.69, 9.17) is 85.5 Å². The molecule has 0 aliphatic heterocycles. The zero-order valence-corrected chi connectivity index (χ0v) is 26.4. The molecule has 4 nitrogen and oxygen atoms in total. The molecule has 0 fully saturated rings. The maximum atomic E-state index is 6.05. The Labute approximate surface area is 260 Å². The van der Waals surface area contributed by atoms with Gasteiger partial charge < -0.3 is 4.90 Å². The monoisotopic (exact) mass is 679 g/mol. The number of hydrogen-bond acceptors (Lipinski definition) is 7. The summed E-state index contributed by atoms with van der Waals surface area (Å²) < 4.78 is 5.42. The molecule has 3 rings (SSSR count). The third-order valence-electron chi connectivity index (χ3n) is 4.09. The van der Waals surface area contributed by atoms with Gasteiger partial charge in [-0.1, -0.05) is 88.7 Å². The lowest BCUT2D eigenvalue weighted by atomic mass is 10.3. The summed E-state index contributed by atoms with van der Waals surface area (Å²) >= 11 is 47.4. The first kappa shape index (κ1) is 32.4. The van der Waals surface area contributed by atoms with E-state index in [-0.39, 0.29) is 0 Å². The summed E-state index contributed by atoms with van der Waals surface area (Å²) in [7, 11) is 0. The molecule has 1 heterocycles. The molecule has 0 bridgehead atoms. The first-order valence-corrected chi connectivity index (χ1v) is 14.9. The molecule has 36 heavy (non-hydrogen) atoms. The van der Waals surface area contributed by atoms with Crippen LogP contribution in [0.5, 0.6) is 0 Å². The molecular formula is C22H19Cl6N3OS4. The Hall–Kier alpha value is 0.160. The van der Waals surface area contributed by atoms with Gasteiger partial charge in [0.1, 0.15) is 10.7 Å². The topological polar surface area (TPSA) is 38.2 Å². The van der Waals surface area contributed by atoms with Gasteiger partial charge in [-0.3, -0.25) is 9.97 Å². The molecule has 0 unspecified atom stereocenters. The maximum Gasteiger partial charge on any atom is 0.129 e. The Bertz CT molecular complexity index is 1050. The standard InChI is InChI=1S/C12H4Cl6OS2.C10H15N3S2/c13-5-1-7(15)11(8(16)2-5)20-19-21-12-9(17)3-6(14)4-10(12)18;1-2-5-13(6-7-14)10(15)9-8-11-3-4-12-9/h1-4H;3-4,8,14H,2,5-7H2,1H3. The van der Waals surface area contributed by atoms with E-state index < -0.39 is 0 Å². The summed E-state index contributed by atoms with van der Waals surface area (Å²) in [6.45, 7) is 3.92. The van der Waals surface area contributed by atoms with Crippen molar-refractivity contribution in [1.29, 1.82) is 0 Å². The van der Waals surface area contributed by atoms with Gasteiger partial charge >= 0.3 is 0 Å². The predicted molar refractivity (Wildman–Crippen MR) is 165 cm³/mol. The van der Waals surface area contributed by atoms with Crippen molar-refractivity contribution in [3.63, 3.8) is 0 Å². The molecule has 0 aliphatic rings. The summed E-state index contributed by atoms with van der Waals surface area (Å²) in [5.74, 6) is 0.792. The normalized spacial score (nSPS) is 10.6. The average molecular weight is 682 g/mol. The smallest absolute Gasteiger partial charge is 0.129 e. The Kier molecular flexibility index (Phi) is 15.3. The molecule has 0 amide bonds. The highest BCUT2D eigenvalue weighted by Gasteiger charge is 2.14. The SMILES string of the molecule is CCCN(CCS)C(=S)c1cnccn1.Clc1cc(Cl)c(SOSc2c(Cl)cc(Cl)cc2Cl)c(Cl)c1. The minimum Gasteiger partial charge on any atom is -0.360 e. The second kappa shape index (κ2) is 17.0. The minimum atomic E-state index is 0.395. The fourth-order valence-electron chi connectivity index (χ4n) is 2.58. The quantitative estimate of drug-likeness (QED) is 0.137. The van der Waals surface area contributed by atoms with Gasteiger partial charge in [-0.25, -0.2) is 3.63 Å². The molecule has 14 heteroatoms. The van der Waals surface area contributed by atoms with E-state index in [0.29, 0.717) is 39.9 Å². The van der Waals surface area contributed by atoms with Crippen molar-refractivity contribution in [3.8, 4) is 0 Å². The Morgan fingerprint density at radius 3 is 1.78 bits per heavy atom. The van der Waals surface area contributed by atoms with E-state index >= 15 is 0 Å². The molecule has 3 aromatic rings. The van der Waals surface area contributed by atoms with Crippen LogP contribution in [-0.4, -0.2) is 38.7 Å². The van der Waals surface area contributed by atoms with Gasteiger partial charge in [0.05, 0.1) is 36.1 Å². The highest BCUT2D eigenvalue weighted by Crippen LogP contribution is 2.43. The van der Waals surface area contributed by atoms with Gasteiger partial charge in [0, 0.05) is 65.4 Å². The Morgan fingerprint density at radius 1 is 0.889 bits per heavy atom. The minimum absolute atomic E-state index is 0.395. The van der Waals surface area contributed by atoms with E-state index in [2.05, 4.69) is 34.4 Å². The fourth-order valence-corrected chi connectivity index (χ4v) is 6.36. The van der Waals surface area contributed by atoms with Gasteiger partial charge in [-0.15, -0.1) is 0 Å². The van der Waals surface area contributed by atoms with E-state index in [9.17, 15) is 0 Å². The molecule has 0 N–H and O–H groups in total. The lowest BCUT2D eigenvalue weighted by Gasteiger charge is -2.23. The van der Waals surface area contributed by atoms with Crippen molar-refractivity contribution in [2.24, 2.45) is 0 Å². The zero-order chi connectivity index (χ0) is 26.7. The molecule has 194 valence electrons. The van der Waals surface area contributed by atoms with Crippen LogP contribution in [-0.2, 0) is 3.63 Å². The lowest BCUT2D eigenvalue weighted by Crippen LogP contribution is -2.33. The van der Waals surface area contributed by atoms with Crippen LogP contribution in [0.15, 0.2) is 52.6 Å². The van der Waals surface area contributed by atoms with E-state index in [0.717, 1.165) is 60.0 Å². The van der Waals surface area contributed by atoms with Crippen LogP contribution in [0.1, 0.15) is 19.0 Å². The van der Waals surface area contributed by atoms with E-state index in [1.54, 1.807) is 42.9 Å². The number of thiocarbonyl (C=S) groups is 1. The first-order valence-electron chi connectivity index (χ1n) is 10.1. The third kappa shape index (κ3) is 10.4. The summed E-state index contributed by atoms with van der Waals surface area (Å²) in [5.41, 5.74) is 0.766. The third-order valence-corrected chi connectivity index (χ3v) is 8.60. The summed E-state index contributed by atoms with van der Waals surface area (Å²) in [4.78, 5) is 12.2. The number of halogens is 6. The van der Waals surface area contributed by atoms with Crippen molar-refractivity contribution in [2.45, 2.75) is 23.1 Å². The predicted octanol–water partition coefficient (Wildman–Crippen LogP) is 10.1. The Morgan fingerprint density at radius 2 is 1.39 bits per heavy atom. The highest BCUT2D eigenvalue weighted by atomic mass is 35.5. The van der Waals surface area contributed by atoms with Crippen molar-refractivity contribution in [1.82, 2.24) is 14.9 Å². The van der Waals surface area contributed by atoms with Gasteiger partial charge in [-0.2, -0.15) is 12.6 Å². The maximum absolute atomic E-state index is 6.05. The Balaban J connectivity index is 0.000000269. The average Bonchev–Trinajstić information content (AvgIpc) is 2.82. The molecule has 0 saturated carbocycles. The van der Waals surface area contributed by atoms with Gasteiger partial charge in [0.2, 0.25) is 0 Å². The number of rotatable bonds is 9. The van der Waals surface area contributed by atoms with Crippen molar-refractivity contribution in [3.05, 3.63) is 78.7 Å².